The average molecular weight is 211 g/mol. The predicted octanol–water partition coefficient (Wildman–Crippen LogP) is 0.182. The van der Waals surface area contributed by atoms with Gasteiger partial charge in [0.15, 0.2) is 0 Å². The second-order valence-corrected chi connectivity index (χ2v) is 4.54. The van der Waals surface area contributed by atoms with E-state index in [1.807, 2.05) is 0 Å². The zero-order chi connectivity index (χ0) is 10.5. The molecule has 1 amide bonds. The normalized spacial score (nSPS) is 11.4. The van der Waals surface area contributed by atoms with Gasteiger partial charge in [-0.3, -0.25) is 14.6 Å². The Morgan fingerprint density at radius 2 is 1.92 bits per heavy atom. The lowest BCUT2D eigenvalue weighted by Crippen LogP contribution is -2.21. The van der Waals surface area contributed by atoms with E-state index >= 15 is 0 Å². The van der Waals surface area contributed by atoms with Gasteiger partial charge in [-0.25, -0.2) is 5.06 Å². The molecule has 0 bridgehead atoms. The summed E-state index contributed by atoms with van der Waals surface area (Å²) in [5.74, 6) is -0.453. The van der Waals surface area contributed by atoms with Crippen molar-refractivity contribution in [2.75, 3.05) is 13.2 Å². The van der Waals surface area contributed by atoms with E-state index < -0.39 is 13.5 Å². The van der Waals surface area contributed by atoms with Gasteiger partial charge in [0, 0.05) is 19.6 Å². The van der Waals surface area contributed by atoms with Crippen LogP contribution in [0.1, 0.15) is 19.3 Å². The van der Waals surface area contributed by atoms with E-state index in [1.165, 1.54) is 7.05 Å². The van der Waals surface area contributed by atoms with E-state index in [0.717, 1.165) is 0 Å². The first-order valence-corrected chi connectivity index (χ1v) is 5.62. The van der Waals surface area contributed by atoms with Crippen molar-refractivity contribution in [3.8, 4) is 0 Å². The number of nitrogens with zero attached hydrogens (tertiary/aromatic N) is 1. The smallest absolute Gasteiger partial charge is 0.324 e. The van der Waals surface area contributed by atoms with Crippen LogP contribution in [0.2, 0.25) is 0 Å². The minimum atomic E-state index is -3.94. The van der Waals surface area contributed by atoms with Gasteiger partial charge in [-0.15, -0.1) is 0 Å². The molecule has 6 nitrogen and oxygen atoms in total. The van der Waals surface area contributed by atoms with Crippen molar-refractivity contribution in [1.29, 1.82) is 0 Å². The van der Waals surface area contributed by atoms with Crippen molar-refractivity contribution in [2.24, 2.45) is 0 Å². The van der Waals surface area contributed by atoms with Crippen molar-refractivity contribution in [3.05, 3.63) is 0 Å². The molecule has 13 heavy (non-hydrogen) atoms. The Bertz CT molecular complexity index is 211. The summed E-state index contributed by atoms with van der Waals surface area (Å²) in [5.41, 5.74) is 0. The van der Waals surface area contributed by atoms with E-state index in [4.69, 9.17) is 15.0 Å². The van der Waals surface area contributed by atoms with Crippen LogP contribution in [0.25, 0.3) is 0 Å². The Labute approximate surface area is 76.3 Å². The van der Waals surface area contributed by atoms with Crippen molar-refractivity contribution in [2.45, 2.75) is 19.3 Å². The number of carbonyl (C=O) groups excluding carboxylic acids is 1. The number of hydrogen-bond donors (Lipinski definition) is 3. The quantitative estimate of drug-likeness (QED) is 0.261. The number of rotatable bonds is 5. The molecule has 0 radical (unpaired) electrons. The molecule has 0 aliphatic heterocycles. The van der Waals surface area contributed by atoms with Gasteiger partial charge in [0.05, 0.1) is 0 Å². The minimum Gasteiger partial charge on any atom is -0.324 e. The molecule has 0 saturated carbocycles. The second kappa shape index (κ2) is 5.34. The van der Waals surface area contributed by atoms with Gasteiger partial charge in [0.2, 0.25) is 5.91 Å². The number of hydrogen-bond acceptors (Lipinski definition) is 3. The molecule has 0 saturated heterocycles. The molecule has 0 aliphatic carbocycles. The summed E-state index contributed by atoms with van der Waals surface area (Å²) in [6.45, 7) is 0. The molecule has 3 N–H and O–H groups in total. The van der Waals surface area contributed by atoms with Crippen molar-refractivity contribution in [3.63, 3.8) is 0 Å². The zero-order valence-electron chi connectivity index (χ0n) is 7.38. The predicted molar refractivity (Wildman–Crippen MR) is 45.3 cm³/mol. The molecular formula is C6H14NO5P. The average Bonchev–Trinajstić information content (AvgIpc) is 1.95. The first-order valence-electron chi connectivity index (χ1n) is 3.83. The molecule has 7 heteroatoms. The van der Waals surface area contributed by atoms with E-state index in [0.29, 0.717) is 11.5 Å². The molecule has 78 valence electrons. The fourth-order valence-corrected chi connectivity index (χ4v) is 1.39. The van der Waals surface area contributed by atoms with E-state index in [1.54, 1.807) is 0 Å². The lowest BCUT2D eigenvalue weighted by Gasteiger charge is -2.07. The third-order valence-electron chi connectivity index (χ3n) is 1.45. The fraction of sp³-hybridized carbons (Fsp3) is 0.833. The Morgan fingerprint density at radius 1 is 1.38 bits per heavy atom. The maximum absolute atomic E-state index is 10.7. The largest absolute Gasteiger partial charge is 0.325 e. The molecule has 0 spiro atoms. The van der Waals surface area contributed by atoms with Gasteiger partial charge in [0.25, 0.3) is 0 Å². The number of carbonyl (C=O) groups is 1. The van der Waals surface area contributed by atoms with Crippen molar-refractivity contribution in [1.82, 2.24) is 5.06 Å². The highest BCUT2D eigenvalue weighted by Gasteiger charge is 2.12. The lowest BCUT2D eigenvalue weighted by atomic mass is 10.2. The summed E-state index contributed by atoms with van der Waals surface area (Å²) >= 11 is 0. The van der Waals surface area contributed by atoms with Crippen LogP contribution in [0.5, 0.6) is 0 Å². The SMILES string of the molecule is CN(O)C(=O)CCCCP(=O)(O)O. The number of unbranched alkanes of at least 4 members (excludes halogenated alkanes) is 1. The first kappa shape index (κ1) is 12.6. The third kappa shape index (κ3) is 7.93. The topological polar surface area (TPSA) is 98.1 Å². The Morgan fingerprint density at radius 3 is 2.31 bits per heavy atom. The second-order valence-electron chi connectivity index (χ2n) is 2.76. The highest BCUT2D eigenvalue weighted by molar-refractivity contribution is 7.51. The molecular weight excluding hydrogens is 197 g/mol. The molecule has 0 aliphatic rings. The molecule has 0 aromatic carbocycles. The van der Waals surface area contributed by atoms with Crippen LogP contribution in [0.3, 0.4) is 0 Å². The Hall–Kier alpha value is -0.420. The number of hydroxylamine groups is 2. The third-order valence-corrected chi connectivity index (χ3v) is 2.35. The summed E-state index contributed by atoms with van der Waals surface area (Å²) in [6.07, 6.45) is 0.543. The highest BCUT2D eigenvalue weighted by Crippen LogP contribution is 2.35. The Balaban J connectivity index is 3.47. The molecule has 0 atom stereocenters. The summed E-state index contributed by atoms with van der Waals surface area (Å²) in [6, 6.07) is 0. The first-order chi connectivity index (χ1) is 5.83. The van der Waals surface area contributed by atoms with Crippen LogP contribution < -0.4 is 0 Å². The van der Waals surface area contributed by atoms with Crippen LogP contribution in [0, 0.1) is 0 Å². The summed E-state index contributed by atoms with van der Waals surface area (Å²) in [4.78, 5) is 27.7. The van der Waals surface area contributed by atoms with Gasteiger partial charge in [0.1, 0.15) is 0 Å². The van der Waals surface area contributed by atoms with Crippen LogP contribution in [0.4, 0.5) is 0 Å². The van der Waals surface area contributed by atoms with Gasteiger partial charge >= 0.3 is 7.60 Å². The molecule has 0 heterocycles. The number of amides is 1. The van der Waals surface area contributed by atoms with Crippen LogP contribution in [-0.4, -0.2) is 39.2 Å². The zero-order valence-corrected chi connectivity index (χ0v) is 8.28. The molecule has 0 rings (SSSR count). The van der Waals surface area contributed by atoms with Crippen LogP contribution >= 0.6 is 7.60 Å². The molecule has 0 aromatic heterocycles. The molecule has 0 unspecified atom stereocenters. The lowest BCUT2D eigenvalue weighted by molar-refractivity contribution is -0.159. The monoisotopic (exact) mass is 211 g/mol. The van der Waals surface area contributed by atoms with Gasteiger partial charge < -0.3 is 9.79 Å². The van der Waals surface area contributed by atoms with Crippen LogP contribution in [-0.2, 0) is 9.36 Å². The van der Waals surface area contributed by atoms with Crippen molar-refractivity contribution < 1.29 is 24.4 Å². The van der Waals surface area contributed by atoms with Gasteiger partial charge in [-0.2, -0.15) is 0 Å². The van der Waals surface area contributed by atoms with Gasteiger partial charge in [-0.1, -0.05) is 0 Å². The highest BCUT2D eigenvalue weighted by atomic mass is 31.2. The maximum atomic E-state index is 10.7. The van der Waals surface area contributed by atoms with Gasteiger partial charge in [-0.05, 0) is 12.8 Å². The van der Waals surface area contributed by atoms with E-state index in [-0.39, 0.29) is 19.0 Å². The standard InChI is InChI=1S/C6H14NO5P/c1-7(9)6(8)4-2-3-5-13(10,11)12/h9H,2-5H2,1H3,(H2,10,11,12). The van der Waals surface area contributed by atoms with Crippen molar-refractivity contribution >= 4 is 13.5 Å². The Kier molecular flexibility index (Phi) is 5.17. The molecule has 0 fully saturated rings. The van der Waals surface area contributed by atoms with E-state index in [2.05, 4.69) is 0 Å². The fourth-order valence-electron chi connectivity index (χ4n) is 0.756. The molecule has 0 aromatic rings. The van der Waals surface area contributed by atoms with E-state index in [9.17, 15) is 9.36 Å². The summed E-state index contributed by atoms with van der Waals surface area (Å²) in [7, 11) is -2.72. The maximum Gasteiger partial charge on any atom is 0.325 e. The summed E-state index contributed by atoms with van der Waals surface area (Å²) < 4.78 is 10.4. The minimum absolute atomic E-state index is 0.104. The summed E-state index contributed by atoms with van der Waals surface area (Å²) in [5, 5.41) is 9.08. The van der Waals surface area contributed by atoms with Crippen LogP contribution in [0.15, 0.2) is 0 Å².